The first-order valence-electron chi connectivity index (χ1n) is 10.7. The third-order valence-electron chi connectivity index (χ3n) is 6.17. The van der Waals surface area contributed by atoms with Crippen LogP contribution in [-0.4, -0.2) is 32.1 Å². The molecule has 0 bridgehead atoms. The minimum absolute atomic E-state index is 0.285. The standard InChI is InChI=1S/C26H24N2O5/c1-16-9-12-18(13-10-16)27-25(29)22-23(17-11-14-20(31-2)21(15-17)32-3)28(33-24(22)26(27)30)19-7-5-4-6-8-19/h4-15,22-24H,1-3H3/t22-,23-,24-/m0/s1. The van der Waals surface area contributed by atoms with Gasteiger partial charge in [-0.15, -0.1) is 0 Å². The van der Waals surface area contributed by atoms with Crippen LogP contribution in [0.25, 0.3) is 0 Å². The zero-order valence-electron chi connectivity index (χ0n) is 18.6. The quantitative estimate of drug-likeness (QED) is 0.553. The number of methoxy groups -OCH3 is 2. The highest BCUT2D eigenvalue weighted by atomic mass is 16.7. The predicted molar refractivity (Wildman–Crippen MR) is 123 cm³/mol. The van der Waals surface area contributed by atoms with Gasteiger partial charge >= 0.3 is 0 Å². The number of carbonyl (C=O) groups is 2. The van der Waals surface area contributed by atoms with Crippen LogP contribution in [0.2, 0.25) is 0 Å². The predicted octanol–water partition coefficient (Wildman–Crippen LogP) is 4.06. The highest BCUT2D eigenvalue weighted by Gasteiger charge is 2.60. The van der Waals surface area contributed by atoms with Crippen LogP contribution in [0.4, 0.5) is 11.4 Å². The second-order valence-electron chi connectivity index (χ2n) is 8.12. The van der Waals surface area contributed by atoms with Crippen LogP contribution in [0.15, 0.2) is 72.8 Å². The molecule has 0 aromatic heterocycles. The first kappa shape index (κ1) is 21.0. The van der Waals surface area contributed by atoms with Crippen LogP contribution in [0.3, 0.4) is 0 Å². The Morgan fingerprint density at radius 1 is 0.788 bits per heavy atom. The van der Waals surface area contributed by atoms with Crippen molar-refractivity contribution in [3.8, 4) is 11.5 Å². The topological polar surface area (TPSA) is 68.3 Å². The lowest BCUT2D eigenvalue weighted by atomic mass is 9.90. The number of nitrogens with zero attached hydrogens (tertiary/aromatic N) is 2. The van der Waals surface area contributed by atoms with E-state index in [4.69, 9.17) is 14.3 Å². The van der Waals surface area contributed by atoms with Crippen molar-refractivity contribution in [1.29, 1.82) is 0 Å². The van der Waals surface area contributed by atoms with Crippen molar-refractivity contribution in [3.63, 3.8) is 0 Å². The number of fused-ring (bicyclic) bond motifs is 1. The van der Waals surface area contributed by atoms with Crippen molar-refractivity contribution in [1.82, 2.24) is 0 Å². The molecule has 2 heterocycles. The largest absolute Gasteiger partial charge is 0.493 e. The summed E-state index contributed by atoms with van der Waals surface area (Å²) in [7, 11) is 3.13. The number of amides is 2. The highest BCUT2D eigenvalue weighted by molar-refractivity contribution is 6.23. The number of hydroxylamine groups is 1. The molecule has 0 unspecified atom stereocenters. The fourth-order valence-corrected chi connectivity index (χ4v) is 4.54. The van der Waals surface area contributed by atoms with Gasteiger partial charge in [0.15, 0.2) is 17.6 Å². The Balaban J connectivity index is 1.60. The molecule has 2 aliphatic heterocycles. The van der Waals surface area contributed by atoms with Gasteiger partial charge in [0, 0.05) is 0 Å². The molecule has 7 nitrogen and oxygen atoms in total. The van der Waals surface area contributed by atoms with Crippen molar-refractivity contribution in [2.75, 3.05) is 24.2 Å². The molecule has 3 aromatic carbocycles. The van der Waals surface area contributed by atoms with Crippen LogP contribution in [-0.2, 0) is 14.4 Å². The zero-order valence-corrected chi connectivity index (χ0v) is 18.6. The summed E-state index contributed by atoms with van der Waals surface area (Å²) in [5, 5.41) is 1.67. The average molecular weight is 444 g/mol. The second kappa shape index (κ2) is 8.26. The minimum atomic E-state index is -0.919. The zero-order chi connectivity index (χ0) is 23.1. The molecule has 0 N–H and O–H groups in total. The van der Waals surface area contributed by atoms with Crippen molar-refractivity contribution in [3.05, 3.63) is 83.9 Å². The van der Waals surface area contributed by atoms with E-state index in [9.17, 15) is 9.59 Å². The fraction of sp³-hybridized carbons (Fsp3) is 0.231. The van der Waals surface area contributed by atoms with E-state index < -0.39 is 18.1 Å². The molecule has 7 heteroatoms. The second-order valence-corrected chi connectivity index (χ2v) is 8.12. The maximum absolute atomic E-state index is 13.7. The molecule has 0 saturated carbocycles. The molecule has 2 amide bonds. The molecule has 33 heavy (non-hydrogen) atoms. The van der Waals surface area contributed by atoms with E-state index in [1.54, 1.807) is 37.5 Å². The van der Waals surface area contributed by atoms with E-state index in [1.807, 2.05) is 61.5 Å². The molecule has 3 atom stereocenters. The Morgan fingerprint density at radius 3 is 2.15 bits per heavy atom. The first-order chi connectivity index (χ1) is 16.0. The van der Waals surface area contributed by atoms with Gasteiger partial charge in [0.25, 0.3) is 5.91 Å². The molecule has 2 fully saturated rings. The van der Waals surface area contributed by atoms with E-state index in [0.29, 0.717) is 17.2 Å². The summed E-state index contributed by atoms with van der Waals surface area (Å²) in [6, 6.07) is 21.8. The Hall–Kier alpha value is -3.84. The lowest BCUT2D eigenvalue weighted by Gasteiger charge is -2.29. The smallest absolute Gasteiger partial charge is 0.266 e. The number of carbonyl (C=O) groups excluding carboxylic acids is 2. The number of hydrogen-bond acceptors (Lipinski definition) is 6. The maximum Gasteiger partial charge on any atom is 0.266 e. The lowest BCUT2D eigenvalue weighted by Crippen LogP contribution is -2.37. The van der Waals surface area contributed by atoms with Crippen LogP contribution in [0.5, 0.6) is 11.5 Å². The Labute approximate surface area is 192 Å². The Kier molecular flexibility index (Phi) is 5.26. The van der Waals surface area contributed by atoms with E-state index >= 15 is 0 Å². The molecule has 168 valence electrons. The van der Waals surface area contributed by atoms with Gasteiger partial charge in [-0.25, -0.2) is 9.96 Å². The molecule has 2 aliphatic rings. The van der Waals surface area contributed by atoms with E-state index in [0.717, 1.165) is 16.8 Å². The molecular formula is C26H24N2O5. The summed E-state index contributed by atoms with van der Waals surface area (Å²) in [4.78, 5) is 34.4. The van der Waals surface area contributed by atoms with Gasteiger partial charge < -0.3 is 9.47 Å². The third kappa shape index (κ3) is 3.41. The number of hydrogen-bond donors (Lipinski definition) is 0. The number of benzene rings is 3. The van der Waals surface area contributed by atoms with Gasteiger partial charge in [-0.1, -0.05) is 42.0 Å². The van der Waals surface area contributed by atoms with Crippen molar-refractivity contribution < 1.29 is 23.9 Å². The Morgan fingerprint density at radius 2 is 1.48 bits per heavy atom. The van der Waals surface area contributed by atoms with Gasteiger partial charge in [0.1, 0.15) is 5.92 Å². The van der Waals surface area contributed by atoms with Crippen LogP contribution >= 0.6 is 0 Å². The summed E-state index contributed by atoms with van der Waals surface area (Å²) in [5.41, 5.74) is 3.14. The number of para-hydroxylation sites is 1. The van der Waals surface area contributed by atoms with Crippen molar-refractivity contribution in [2.45, 2.75) is 19.1 Å². The van der Waals surface area contributed by atoms with Crippen LogP contribution in [0.1, 0.15) is 17.2 Å². The number of rotatable bonds is 5. The number of ether oxygens (including phenoxy) is 2. The van der Waals surface area contributed by atoms with Crippen LogP contribution < -0.4 is 19.4 Å². The van der Waals surface area contributed by atoms with Gasteiger partial charge in [-0.2, -0.15) is 0 Å². The summed E-state index contributed by atoms with van der Waals surface area (Å²) in [6.45, 7) is 1.96. The first-order valence-corrected chi connectivity index (χ1v) is 10.7. The monoisotopic (exact) mass is 444 g/mol. The van der Waals surface area contributed by atoms with E-state index in [-0.39, 0.29) is 11.8 Å². The summed E-state index contributed by atoms with van der Waals surface area (Å²) in [6.07, 6.45) is -0.919. The van der Waals surface area contributed by atoms with Crippen LogP contribution in [0, 0.1) is 12.8 Å². The molecule has 5 rings (SSSR count). The maximum atomic E-state index is 13.7. The third-order valence-corrected chi connectivity index (χ3v) is 6.17. The minimum Gasteiger partial charge on any atom is -0.493 e. The van der Waals surface area contributed by atoms with Crippen molar-refractivity contribution >= 4 is 23.2 Å². The molecule has 3 aromatic rings. The number of imide groups is 1. The lowest BCUT2D eigenvalue weighted by molar-refractivity contribution is -0.126. The van der Waals surface area contributed by atoms with E-state index in [1.165, 1.54) is 4.90 Å². The molecule has 0 aliphatic carbocycles. The summed E-state index contributed by atoms with van der Waals surface area (Å²) in [5.74, 6) is -0.237. The van der Waals surface area contributed by atoms with Gasteiger partial charge in [0.2, 0.25) is 5.91 Å². The molecule has 2 saturated heterocycles. The molecular weight excluding hydrogens is 420 g/mol. The highest BCUT2D eigenvalue weighted by Crippen LogP contribution is 2.48. The SMILES string of the molecule is COc1ccc([C@H]2[C@@H]3C(=O)N(c4ccc(C)cc4)C(=O)[C@H]3ON2c2ccccc2)cc1OC. The van der Waals surface area contributed by atoms with Gasteiger partial charge in [0.05, 0.1) is 31.6 Å². The van der Waals surface area contributed by atoms with E-state index in [2.05, 4.69) is 0 Å². The molecule has 0 spiro atoms. The fourth-order valence-electron chi connectivity index (χ4n) is 4.54. The summed E-state index contributed by atoms with van der Waals surface area (Å²) >= 11 is 0. The number of anilines is 2. The average Bonchev–Trinajstić information content (AvgIpc) is 3.36. The van der Waals surface area contributed by atoms with Gasteiger partial charge in [-0.05, 0) is 48.9 Å². The normalized spacial score (nSPS) is 22.0. The summed E-state index contributed by atoms with van der Waals surface area (Å²) < 4.78 is 10.9. The number of aryl methyl sites for hydroxylation is 1. The molecule has 0 radical (unpaired) electrons. The van der Waals surface area contributed by atoms with Crippen molar-refractivity contribution in [2.24, 2.45) is 5.92 Å². The Bertz CT molecular complexity index is 1200. The van der Waals surface area contributed by atoms with Gasteiger partial charge in [-0.3, -0.25) is 14.4 Å².